The van der Waals surface area contributed by atoms with Gasteiger partial charge in [-0.3, -0.25) is 25.2 Å². The third-order valence-electron chi connectivity index (χ3n) is 4.48. The van der Waals surface area contributed by atoms with Crippen molar-refractivity contribution < 1.29 is 32.6 Å². The predicted molar refractivity (Wildman–Crippen MR) is 123 cm³/mol. The van der Waals surface area contributed by atoms with Gasteiger partial charge in [0, 0.05) is 16.1 Å². The van der Waals surface area contributed by atoms with E-state index in [0.29, 0.717) is 16.3 Å². The maximum absolute atomic E-state index is 12.3. The molecule has 0 aliphatic carbocycles. The number of alkyl halides is 2. The lowest BCUT2D eigenvalue weighted by Crippen LogP contribution is -2.46. The zero-order valence-electron chi connectivity index (χ0n) is 18.1. The summed E-state index contributed by atoms with van der Waals surface area (Å²) in [5.74, 6) is -1.47. The zero-order chi connectivity index (χ0) is 25.2. The van der Waals surface area contributed by atoms with Crippen LogP contribution in [0.25, 0.3) is 0 Å². The van der Waals surface area contributed by atoms with Crippen molar-refractivity contribution in [2.24, 2.45) is 0 Å². The van der Waals surface area contributed by atoms with E-state index >= 15 is 0 Å². The van der Waals surface area contributed by atoms with Crippen LogP contribution in [-0.2, 0) is 11.4 Å². The molecule has 0 saturated carbocycles. The van der Waals surface area contributed by atoms with E-state index in [0.717, 1.165) is 11.6 Å². The number of halogens is 3. The van der Waals surface area contributed by atoms with Crippen LogP contribution in [0.5, 0.6) is 11.5 Å². The lowest BCUT2D eigenvalue weighted by atomic mass is 10.1. The SMILES string of the molecule is O=C(CNC(=O)c1cccc(OC(F)F)c1)NNC(=O)c1ccc(COc2ccc(Cl)cc2)cc1. The van der Waals surface area contributed by atoms with Crippen molar-refractivity contribution in [3.05, 3.63) is 94.5 Å². The average Bonchev–Trinajstić information content (AvgIpc) is 2.85. The van der Waals surface area contributed by atoms with Crippen LogP contribution in [0.4, 0.5) is 8.78 Å². The lowest BCUT2D eigenvalue weighted by Gasteiger charge is -2.10. The maximum Gasteiger partial charge on any atom is 0.387 e. The summed E-state index contributed by atoms with van der Waals surface area (Å²) in [5.41, 5.74) is 5.56. The molecular weight excluding hydrogens is 484 g/mol. The number of hydrogen-bond acceptors (Lipinski definition) is 5. The van der Waals surface area contributed by atoms with Gasteiger partial charge in [0.25, 0.3) is 17.7 Å². The minimum absolute atomic E-state index is 0.0279. The third kappa shape index (κ3) is 8.27. The molecule has 3 rings (SSSR count). The summed E-state index contributed by atoms with van der Waals surface area (Å²) in [5, 5.41) is 2.92. The van der Waals surface area contributed by atoms with Gasteiger partial charge in [0.15, 0.2) is 0 Å². The molecule has 0 bridgehead atoms. The van der Waals surface area contributed by atoms with Crippen molar-refractivity contribution in [3.8, 4) is 11.5 Å². The van der Waals surface area contributed by atoms with Crippen LogP contribution in [0, 0.1) is 0 Å². The van der Waals surface area contributed by atoms with Crippen LogP contribution in [0.2, 0.25) is 5.02 Å². The first-order valence-corrected chi connectivity index (χ1v) is 10.6. The highest BCUT2D eigenvalue weighted by Gasteiger charge is 2.12. The molecule has 11 heteroatoms. The Balaban J connectivity index is 1.41. The maximum atomic E-state index is 12.3. The second-order valence-corrected chi connectivity index (χ2v) is 7.47. The van der Waals surface area contributed by atoms with Gasteiger partial charge in [0.1, 0.15) is 18.1 Å². The second-order valence-electron chi connectivity index (χ2n) is 7.03. The first kappa shape index (κ1) is 25.4. The molecule has 0 saturated heterocycles. The van der Waals surface area contributed by atoms with Crippen LogP contribution in [-0.4, -0.2) is 30.9 Å². The summed E-state index contributed by atoms with van der Waals surface area (Å²) in [6.45, 7) is -3.20. The monoisotopic (exact) mass is 503 g/mol. The number of benzene rings is 3. The fourth-order valence-corrected chi connectivity index (χ4v) is 2.89. The third-order valence-corrected chi connectivity index (χ3v) is 4.73. The van der Waals surface area contributed by atoms with E-state index in [1.54, 1.807) is 48.5 Å². The number of rotatable bonds is 9. The zero-order valence-corrected chi connectivity index (χ0v) is 18.9. The van der Waals surface area contributed by atoms with E-state index in [9.17, 15) is 23.2 Å². The molecule has 0 aromatic heterocycles. The first-order valence-electron chi connectivity index (χ1n) is 10.2. The van der Waals surface area contributed by atoms with Gasteiger partial charge in [-0.25, -0.2) is 0 Å². The van der Waals surface area contributed by atoms with E-state index < -0.39 is 30.9 Å². The Bertz CT molecular complexity index is 1170. The Hall–Kier alpha value is -4.18. The van der Waals surface area contributed by atoms with E-state index in [1.165, 1.54) is 18.2 Å². The molecule has 3 aromatic carbocycles. The number of carbonyl (C=O) groups excluding carboxylic acids is 3. The molecular formula is C24H20ClF2N3O5. The fourth-order valence-electron chi connectivity index (χ4n) is 2.77. The van der Waals surface area contributed by atoms with Gasteiger partial charge in [-0.15, -0.1) is 0 Å². The fraction of sp³-hybridized carbons (Fsp3) is 0.125. The van der Waals surface area contributed by atoms with Crippen molar-refractivity contribution in [3.63, 3.8) is 0 Å². The van der Waals surface area contributed by atoms with Gasteiger partial charge < -0.3 is 14.8 Å². The molecule has 182 valence electrons. The molecule has 0 radical (unpaired) electrons. The molecule has 0 heterocycles. The summed E-state index contributed by atoms with van der Waals surface area (Å²) >= 11 is 5.83. The normalized spacial score (nSPS) is 10.4. The summed E-state index contributed by atoms with van der Waals surface area (Å²) in [4.78, 5) is 36.3. The minimum Gasteiger partial charge on any atom is -0.489 e. The second kappa shape index (κ2) is 12.3. The van der Waals surface area contributed by atoms with Gasteiger partial charge >= 0.3 is 6.61 Å². The number of nitrogens with one attached hydrogen (secondary N) is 3. The van der Waals surface area contributed by atoms with Gasteiger partial charge in [-0.2, -0.15) is 8.78 Å². The molecule has 0 aliphatic rings. The Morgan fingerprint density at radius 1 is 0.829 bits per heavy atom. The molecule has 0 atom stereocenters. The molecule has 8 nitrogen and oxygen atoms in total. The van der Waals surface area contributed by atoms with Gasteiger partial charge in [-0.1, -0.05) is 29.8 Å². The average molecular weight is 504 g/mol. The van der Waals surface area contributed by atoms with Crippen molar-refractivity contribution in [2.75, 3.05) is 6.54 Å². The van der Waals surface area contributed by atoms with Gasteiger partial charge in [-0.05, 0) is 60.2 Å². The summed E-state index contributed by atoms with van der Waals surface area (Å²) in [7, 11) is 0. The Morgan fingerprint density at radius 2 is 1.54 bits per heavy atom. The molecule has 0 spiro atoms. The Labute approximate surface area is 204 Å². The highest BCUT2D eigenvalue weighted by atomic mass is 35.5. The van der Waals surface area contributed by atoms with Crippen LogP contribution in [0.3, 0.4) is 0 Å². The Morgan fingerprint density at radius 3 is 2.23 bits per heavy atom. The predicted octanol–water partition coefficient (Wildman–Crippen LogP) is 3.71. The van der Waals surface area contributed by atoms with Crippen LogP contribution >= 0.6 is 11.6 Å². The quantitative estimate of drug-likeness (QED) is 0.386. The highest BCUT2D eigenvalue weighted by Crippen LogP contribution is 2.17. The van der Waals surface area contributed by atoms with Gasteiger partial charge in [0.2, 0.25) is 0 Å². The molecule has 0 fully saturated rings. The van der Waals surface area contributed by atoms with E-state index in [1.807, 2.05) is 0 Å². The highest BCUT2D eigenvalue weighted by molar-refractivity contribution is 6.30. The van der Waals surface area contributed by atoms with Crippen molar-refractivity contribution in [2.45, 2.75) is 13.2 Å². The molecule has 3 amide bonds. The number of carbonyl (C=O) groups is 3. The minimum atomic E-state index is -3.03. The van der Waals surface area contributed by atoms with Crippen LogP contribution < -0.4 is 25.6 Å². The standard InChI is InChI=1S/C24H20ClF2N3O5/c25-18-8-10-19(11-9-18)34-14-15-4-6-16(7-5-15)23(33)30-29-21(31)13-28-22(32)17-2-1-3-20(12-17)35-24(26)27/h1-12,24H,13-14H2,(H,28,32)(H,29,31)(H,30,33). The Kier molecular flexibility index (Phi) is 8.96. The van der Waals surface area contributed by atoms with Crippen molar-refractivity contribution in [1.82, 2.24) is 16.2 Å². The molecule has 3 aromatic rings. The molecule has 0 unspecified atom stereocenters. The number of ether oxygens (including phenoxy) is 2. The number of hydrogen-bond donors (Lipinski definition) is 3. The van der Waals surface area contributed by atoms with Crippen LogP contribution in [0.1, 0.15) is 26.3 Å². The lowest BCUT2D eigenvalue weighted by molar-refractivity contribution is -0.120. The number of hydrazine groups is 1. The summed E-state index contributed by atoms with van der Waals surface area (Å²) in [6.07, 6.45) is 0. The molecule has 35 heavy (non-hydrogen) atoms. The van der Waals surface area contributed by atoms with Crippen molar-refractivity contribution in [1.29, 1.82) is 0 Å². The largest absolute Gasteiger partial charge is 0.489 e. The van der Waals surface area contributed by atoms with E-state index in [2.05, 4.69) is 20.9 Å². The topological polar surface area (TPSA) is 106 Å². The molecule has 0 aliphatic heterocycles. The summed E-state index contributed by atoms with van der Waals surface area (Å²) in [6, 6.07) is 18.6. The summed E-state index contributed by atoms with van der Waals surface area (Å²) < 4.78 is 34.4. The van der Waals surface area contributed by atoms with Gasteiger partial charge in [0.05, 0.1) is 6.54 Å². The molecule has 3 N–H and O–H groups in total. The smallest absolute Gasteiger partial charge is 0.387 e. The first-order chi connectivity index (χ1) is 16.8. The van der Waals surface area contributed by atoms with Crippen LogP contribution in [0.15, 0.2) is 72.8 Å². The number of amides is 3. The van der Waals surface area contributed by atoms with E-state index in [-0.39, 0.29) is 17.9 Å². The van der Waals surface area contributed by atoms with Crippen molar-refractivity contribution >= 4 is 29.3 Å². The van der Waals surface area contributed by atoms with E-state index in [4.69, 9.17) is 16.3 Å².